The van der Waals surface area contributed by atoms with E-state index >= 15 is 0 Å². The lowest BCUT2D eigenvalue weighted by molar-refractivity contribution is -0.119. The maximum Gasteiger partial charge on any atom is 0.239 e. The standard InChI is InChI=1S/C14H21BrN2O/c1-10(2)6-7-16-14(18)9-17-12-4-5-13(15)11(3)8-12/h4-5,8,10,17H,6-7,9H2,1-3H3,(H,16,18). The quantitative estimate of drug-likeness (QED) is 0.846. The average molecular weight is 313 g/mol. The van der Waals surface area contributed by atoms with E-state index in [2.05, 4.69) is 40.4 Å². The third-order valence-electron chi connectivity index (χ3n) is 2.65. The summed E-state index contributed by atoms with van der Waals surface area (Å²) in [5.41, 5.74) is 2.12. The first-order valence-electron chi connectivity index (χ1n) is 6.25. The fourth-order valence-electron chi connectivity index (χ4n) is 1.50. The molecule has 0 radical (unpaired) electrons. The Hall–Kier alpha value is -1.03. The van der Waals surface area contributed by atoms with Crippen LogP contribution in [0.25, 0.3) is 0 Å². The van der Waals surface area contributed by atoms with Gasteiger partial charge in [-0.25, -0.2) is 0 Å². The zero-order valence-corrected chi connectivity index (χ0v) is 12.8. The predicted octanol–water partition coefficient (Wildman–Crippen LogP) is 3.33. The number of hydrogen-bond donors (Lipinski definition) is 2. The summed E-state index contributed by atoms with van der Waals surface area (Å²) in [6.45, 7) is 7.39. The van der Waals surface area contributed by atoms with Gasteiger partial charge in [0.25, 0.3) is 0 Å². The van der Waals surface area contributed by atoms with E-state index in [-0.39, 0.29) is 5.91 Å². The van der Waals surface area contributed by atoms with Crippen molar-refractivity contribution in [2.45, 2.75) is 27.2 Å². The molecule has 2 N–H and O–H groups in total. The van der Waals surface area contributed by atoms with Gasteiger partial charge in [-0.15, -0.1) is 0 Å². The van der Waals surface area contributed by atoms with E-state index in [1.807, 2.05) is 25.1 Å². The Labute approximate surface area is 117 Å². The van der Waals surface area contributed by atoms with Gasteiger partial charge in [0.05, 0.1) is 6.54 Å². The molecular weight excluding hydrogens is 292 g/mol. The number of anilines is 1. The molecule has 0 spiro atoms. The lowest BCUT2D eigenvalue weighted by Crippen LogP contribution is -2.31. The van der Waals surface area contributed by atoms with Crippen molar-refractivity contribution in [3.05, 3.63) is 28.2 Å². The summed E-state index contributed by atoms with van der Waals surface area (Å²) in [7, 11) is 0. The lowest BCUT2D eigenvalue weighted by atomic mass is 10.1. The number of aryl methyl sites for hydroxylation is 1. The van der Waals surface area contributed by atoms with Crippen molar-refractivity contribution in [1.29, 1.82) is 0 Å². The summed E-state index contributed by atoms with van der Waals surface area (Å²) in [4.78, 5) is 11.6. The van der Waals surface area contributed by atoms with Gasteiger partial charge in [0, 0.05) is 16.7 Å². The highest BCUT2D eigenvalue weighted by Gasteiger charge is 2.02. The first-order chi connectivity index (χ1) is 8.49. The van der Waals surface area contributed by atoms with Gasteiger partial charge in [-0.1, -0.05) is 29.8 Å². The SMILES string of the molecule is Cc1cc(NCC(=O)NCCC(C)C)ccc1Br. The Morgan fingerprint density at radius 2 is 2.11 bits per heavy atom. The van der Waals surface area contributed by atoms with Crippen molar-refractivity contribution in [2.24, 2.45) is 5.92 Å². The van der Waals surface area contributed by atoms with E-state index in [0.717, 1.165) is 28.7 Å². The molecule has 0 aliphatic heterocycles. The minimum Gasteiger partial charge on any atom is -0.376 e. The van der Waals surface area contributed by atoms with E-state index in [1.54, 1.807) is 0 Å². The van der Waals surface area contributed by atoms with E-state index in [9.17, 15) is 4.79 Å². The molecule has 1 aromatic carbocycles. The number of nitrogens with one attached hydrogen (secondary N) is 2. The van der Waals surface area contributed by atoms with E-state index in [0.29, 0.717) is 12.5 Å². The average Bonchev–Trinajstić information content (AvgIpc) is 2.30. The molecule has 0 aliphatic rings. The fraction of sp³-hybridized carbons (Fsp3) is 0.500. The second-order valence-electron chi connectivity index (χ2n) is 4.85. The summed E-state index contributed by atoms with van der Waals surface area (Å²) in [6, 6.07) is 5.96. The first-order valence-corrected chi connectivity index (χ1v) is 7.05. The van der Waals surface area contributed by atoms with Crippen molar-refractivity contribution >= 4 is 27.5 Å². The molecule has 0 fully saturated rings. The first kappa shape index (κ1) is 15.0. The van der Waals surface area contributed by atoms with Crippen molar-refractivity contribution in [3.63, 3.8) is 0 Å². The molecule has 100 valence electrons. The van der Waals surface area contributed by atoms with Crippen LogP contribution in [0.4, 0.5) is 5.69 Å². The highest BCUT2D eigenvalue weighted by atomic mass is 79.9. The zero-order valence-electron chi connectivity index (χ0n) is 11.2. The number of halogens is 1. The monoisotopic (exact) mass is 312 g/mol. The Morgan fingerprint density at radius 3 is 2.72 bits per heavy atom. The molecule has 0 saturated carbocycles. The second kappa shape index (κ2) is 7.41. The lowest BCUT2D eigenvalue weighted by Gasteiger charge is -2.10. The van der Waals surface area contributed by atoms with Crippen molar-refractivity contribution in [2.75, 3.05) is 18.4 Å². The van der Waals surface area contributed by atoms with Crippen molar-refractivity contribution < 1.29 is 4.79 Å². The normalized spacial score (nSPS) is 10.5. The third-order valence-corrected chi connectivity index (χ3v) is 3.54. The summed E-state index contributed by atoms with van der Waals surface area (Å²) < 4.78 is 1.08. The van der Waals surface area contributed by atoms with Gasteiger partial charge in [-0.2, -0.15) is 0 Å². The molecule has 1 aromatic rings. The van der Waals surface area contributed by atoms with E-state index in [4.69, 9.17) is 0 Å². The molecule has 4 heteroatoms. The van der Waals surface area contributed by atoms with Gasteiger partial charge in [-0.3, -0.25) is 4.79 Å². The minimum atomic E-state index is 0.0382. The predicted molar refractivity (Wildman–Crippen MR) is 79.8 cm³/mol. The molecule has 0 aromatic heterocycles. The Balaban J connectivity index is 2.31. The van der Waals surface area contributed by atoms with Crippen molar-refractivity contribution in [1.82, 2.24) is 5.32 Å². The van der Waals surface area contributed by atoms with E-state index < -0.39 is 0 Å². The van der Waals surface area contributed by atoms with Gasteiger partial charge in [-0.05, 0) is 43.0 Å². The number of rotatable bonds is 6. The van der Waals surface area contributed by atoms with Gasteiger partial charge in [0.1, 0.15) is 0 Å². The summed E-state index contributed by atoms with van der Waals surface area (Å²) in [5, 5.41) is 6.02. The molecule has 1 rings (SSSR count). The van der Waals surface area contributed by atoms with Crippen LogP contribution in [-0.2, 0) is 4.79 Å². The topological polar surface area (TPSA) is 41.1 Å². The summed E-state index contributed by atoms with van der Waals surface area (Å²) >= 11 is 3.45. The Kier molecular flexibility index (Phi) is 6.19. The van der Waals surface area contributed by atoms with Gasteiger partial charge in [0.2, 0.25) is 5.91 Å². The van der Waals surface area contributed by atoms with Gasteiger partial charge < -0.3 is 10.6 Å². The zero-order chi connectivity index (χ0) is 13.5. The molecule has 0 heterocycles. The van der Waals surface area contributed by atoms with Crippen LogP contribution < -0.4 is 10.6 Å². The van der Waals surface area contributed by atoms with Crippen LogP contribution in [0.5, 0.6) is 0 Å². The van der Waals surface area contributed by atoms with Crippen LogP contribution in [-0.4, -0.2) is 19.0 Å². The maximum atomic E-state index is 11.6. The number of amides is 1. The van der Waals surface area contributed by atoms with Gasteiger partial charge in [0.15, 0.2) is 0 Å². The molecule has 3 nitrogen and oxygen atoms in total. The number of hydrogen-bond acceptors (Lipinski definition) is 2. The molecule has 0 bridgehead atoms. The number of carbonyl (C=O) groups is 1. The van der Waals surface area contributed by atoms with Crippen LogP contribution >= 0.6 is 15.9 Å². The highest BCUT2D eigenvalue weighted by molar-refractivity contribution is 9.10. The minimum absolute atomic E-state index is 0.0382. The smallest absolute Gasteiger partial charge is 0.239 e. The molecule has 18 heavy (non-hydrogen) atoms. The van der Waals surface area contributed by atoms with Crippen LogP contribution in [0.15, 0.2) is 22.7 Å². The fourth-order valence-corrected chi connectivity index (χ4v) is 1.75. The second-order valence-corrected chi connectivity index (χ2v) is 5.70. The molecular formula is C14H21BrN2O. The molecule has 0 atom stereocenters. The molecule has 1 amide bonds. The highest BCUT2D eigenvalue weighted by Crippen LogP contribution is 2.19. The van der Waals surface area contributed by atoms with Crippen LogP contribution in [0, 0.1) is 12.8 Å². The summed E-state index contributed by atoms with van der Waals surface area (Å²) in [5.74, 6) is 0.656. The van der Waals surface area contributed by atoms with Crippen LogP contribution in [0.1, 0.15) is 25.8 Å². The Bertz CT molecular complexity index is 405. The van der Waals surface area contributed by atoms with Crippen molar-refractivity contribution in [3.8, 4) is 0 Å². The molecule has 0 saturated heterocycles. The van der Waals surface area contributed by atoms with E-state index in [1.165, 1.54) is 0 Å². The largest absolute Gasteiger partial charge is 0.376 e. The van der Waals surface area contributed by atoms with Crippen LogP contribution in [0.3, 0.4) is 0 Å². The Morgan fingerprint density at radius 1 is 1.39 bits per heavy atom. The molecule has 0 unspecified atom stereocenters. The van der Waals surface area contributed by atoms with Crippen LogP contribution in [0.2, 0.25) is 0 Å². The number of carbonyl (C=O) groups excluding carboxylic acids is 1. The molecule has 0 aliphatic carbocycles. The third kappa shape index (κ3) is 5.54. The maximum absolute atomic E-state index is 11.6. The number of benzene rings is 1. The van der Waals surface area contributed by atoms with Gasteiger partial charge >= 0.3 is 0 Å². The summed E-state index contributed by atoms with van der Waals surface area (Å²) in [6.07, 6.45) is 1.02.